The van der Waals surface area contributed by atoms with E-state index in [2.05, 4.69) is 10.2 Å². The fourth-order valence-electron chi connectivity index (χ4n) is 3.26. The van der Waals surface area contributed by atoms with Gasteiger partial charge in [0.2, 0.25) is 0 Å². The lowest BCUT2D eigenvalue weighted by Crippen LogP contribution is -2.47. The number of alkyl halides is 3. The summed E-state index contributed by atoms with van der Waals surface area (Å²) in [6, 6.07) is 8.27. The number of rotatable bonds is 4. The van der Waals surface area contributed by atoms with Gasteiger partial charge in [-0.05, 0) is 30.7 Å². The molecule has 0 aliphatic carbocycles. The molecule has 0 saturated carbocycles. The molecular formula is C18H19F3N4O2. The molecule has 144 valence electrons. The quantitative estimate of drug-likeness (QED) is 0.879. The normalized spacial score (nSPS) is 17.0. The summed E-state index contributed by atoms with van der Waals surface area (Å²) in [6.45, 7) is 4.05. The Balaban J connectivity index is 1.68. The van der Waals surface area contributed by atoms with Crippen LogP contribution in [0.15, 0.2) is 36.4 Å². The zero-order valence-corrected chi connectivity index (χ0v) is 14.6. The number of anilines is 1. The standard InChI is InChI=1S/C18H19F3N4O2/c1-12(13-4-2-3-5-14(13)18(19,20)21)24-8-10-25(11-9-24)16-7-6-15(17(26)27)22-23-16/h2-7,12H,8-11H2,1H3,(H,26,27). The van der Waals surface area contributed by atoms with Gasteiger partial charge in [-0.25, -0.2) is 4.79 Å². The van der Waals surface area contributed by atoms with E-state index >= 15 is 0 Å². The van der Waals surface area contributed by atoms with E-state index in [9.17, 15) is 18.0 Å². The Hall–Kier alpha value is -2.68. The Morgan fingerprint density at radius 1 is 1.07 bits per heavy atom. The highest BCUT2D eigenvalue weighted by Gasteiger charge is 2.35. The van der Waals surface area contributed by atoms with Crippen LogP contribution in [-0.4, -0.2) is 52.4 Å². The number of hydrogen-bond acceptors (Lipinski definition) is 5. The van der Waals surface area contributed by atoms with Gasteiger partial charge in [0.1, 0.15) is 0 Å². The Kier molecular flexibility index (Phi) is 5.31. The molecule has 1 aliphatic heterocycles. The summed E-state index contributed by atoms with van der Waals surface area (Å²) < 4.78 is 39.8. The van der Waals surface area contributed by atoms with E-state index < -0.39 is 17.7 Å². The van der Waals surface area contributed by atoms with Crippen molar-refractivity contribution in [3.8, 4) is 0 Å². The SMILES string of the molecule is CC(c1ccccc1C(F)(F)F)N1CCN(c2ccc(C(=O)O)nn2)CC1. The van der Waals surface area contributed by atoms with Crippen molar-refractivity contribution < 1.29 is 23.1 Å². The molecule has 1 aromatic carbocycles. The highest BCUT2D eigenvalue weighted by Crippen LogP contribution is 2.36. The van der Waals surface area contributed by atoms with Crippen LogP contribution in [-0.2, 0) is 6.18 Å². The lowest BCUT2D eigenvalue weighted by Gasteiger charge is -2.39. The molecule has 9 heteroatoms. The molecule has 0 spiro atoms. The van der Waals surface area contributed by atoms with Gasteiger partial charge in [0.25, 0.3) is 0 Å². The maximum atomic E-state index is 13.3. The predicted molar refractivity (Wildman–Crippen MR) is 92.6 cm³/mol. The molecule has 6 nitrogen and oxygen atoms in total. The Labute approximate surface area is 154 Å². The van der Waals surface area contributed by atoms with Gasteiger partial charge < -0.3 is 10.0 Å². The minimum atomic E-state index is -4.38. The van der Waals surface area contributed by atoms with E-state index in [1.807, 2.05) is 9.80 Å². The van der Waals surface area contributed by atoms with Gasteiger partial charge in [-0.2, -0.15) is 13.2 Å². The van der Waals surface area contributed by atoms with Gasteiger partial charge >= 0.3 is 12.1 Å². The lowest BCUT2D eigenvalue weighted by atomic mass is 9.99. The van der Waals surface area contributed by atoms with E-state index in [0.29, 0.717) is 32.0 Å². The summed E-state index contributed by atoms with van der Waals surface area (Å²) >= 11 is 0. The summed E-state index contributed by atoms with van der Waals surface area (Å²) in [7, 11) is 0. The van der Waals surface area contributed by atoms with Crippen LogP contribution in [0.25, 0.3) is 0 Å². The number of nitrogens with zero attached hydrogens (tertiary/aromatic N) is 4. The van der Waals surface area contributed by atoms with Crippen molar-refractivity contribution in [1.82, 2.24) is 15.1 Å². The van der Waals surface area contributed by atoms with Gasteiger partial charge in [0.15, 0.2) is 11.5 Å². The van der Waals surface area contributed by atoms with E-state index in [1.165, 1.54) is 18.2 Å². The average Bonchev–Trinajstić information content (AvgIpc) is 2.67. The third-order valence-corrected chi connectivity index (χ3v) is 4.77. The topological polar surface area (TPSA) is 69.6 Å². The number of benzene rings is 1. The van der Waals surface area contributed by atoms with E-state index in [0.717, 1.165) is 6.07 Å². The number of carboxylic acids is 1. The molecule has 1 atom stereocenters. The molecule has 3 rings (SSSR count). The molecule has 0 radical (unpaired) electrons. The van der Waals surface area contributed by atoms with Crippen LogP contribution in [0.1, 0.15) is 34.6 Å². The molecule has 2 heterocycles. The van der Waals surface area contributed by atoms with E-state index in [4.69, 9.17) is 5.11 Å². The first-order valence-electron chi connectivity index (χ1n) is 8.49. The number of carbonyl (C=O) groups is 1. The second kappa shape index (κ2) is 7.51. The fraction of sp³-hybridized carbons (Fsp3) is 0.389. The molecule has 0 amide bonds. The van der Waals surface area contributed by atoms with Crippen LogP contribution in [0.3, 0.4) is 0 Å². The maximum absolute atomic E-state index is 13.3. The van der Waals surface area contributed by atoms with Crippen molar-refractivity contribution in [2.24, 2.45) is 0 Å². The zero-order valence-electron chi connectivity index (χ0n) is 14.6. The van der Waals surface area contributed by atoms with Crippen LogP contribution in [0.5, 0.6) is 0 Å². The Bertz CT molecular complexity index is 803. The summed E-state index contributed by atoms with van der Waals surface area (Å²) in [5.74, 6) is -0.584. The first kappa shape index (κ1) is 19.1. The summed E-state index contributed by atoms with van der Waals surface area (Å²) in [4.78, 5) is 14.8. The van der Waals surface area contributed by atoms with Crippen LogP contribution >= 0.6 is 0 Å². The third kappa shape index (κ3) is 4.19. The smallest absolute Gasteiger partial charge is 0.416 e. The van der Waals surface area contributed by atoms with Gasteiger partial charge in [0, 0.05) is 32.2 Å². The molecule has 1 N–H and O–H groups in total. The molecule has 0 bridgehead atoms. The maximum Gasteiger partial charge on any atom is 0.416 e. The van der Waals surface area contributed by atoms with Crippen molar-refractivity contribution >= 4 is 11.8 Å². The molecular weight excluding hydrogens is 361 g/mol. The predicted octanol–water partition coefficient (Wildman–Crippen LogP) is 3.08. The van der Waals surface area contributed by atoms with Crippen LogP contribution in [0.4, 0.5) is 19.0 Å². The highest BCUT2D eigenvalue weighted by molar-refractivity contribution is 5.85. The zero-order chi connectivity index (χ0) is 19.6. The van der Waals surface area contributed by atoms with Crippen LogP contribution in [0, 0.1) is 0 Å². The highest BCUT2D eigenvalue weighted by atomic mass is 19.4. The molecule has 1 unspecified atom stereocenters. The van der Waals surface area contributed by atoms with E-state index in [-0.39, 0.29) is 17.3 Å². The summed E-state index contributed by atoms with van der Waals surface area (Å²) in [5, 5.41) is 16.5. The average molecular weight is 380 g/mol. The molecule has 2 aromatic rings. The molecule has 1 aliphatic rings. The summed E-state index contributed by atoms with van der Waals surface area (Å²) in [6.07, 6.45) is -4.38. The fourth-order valence-corrected chi connectivity index (χ4v) is 3.26. The van der Waals surface area contributed by atoms with Crippen molar-refractivity contribution in [1.29, 1.82) is 0 Å². The largest absolute Gasteiger partial charge is 0.476 e. The number of carboxylic acid groups (broad SMARTS) is 1. The monoisotopic (exact) mass is 380 g/mol. The van der Waals surface area contributed by atoms with E-state index in [1.54, 1.807) is 19.1 Å². The minimum Gasteiger partial charge on any atom is -0.476 e. The number of aromatic carboxylic acids is 1. The first-order chi connectivity index (χ1) is 12.8. The lowest BCUT2D eigenvalue weighted by molar-refractivity contribution is -0.138. The molecule has 1 fully saturated rings. The van der Waals surface area contributed by atoms with Gasteiger partial charge in [-0.3, -0.25) is 4.90 Å². The van der Waals surface area contributed by atoms with Crippen LogP contribution < -0.4 is 4.90 Å². The van der Waals surface area contributed by atoms with Crippen molar-refractivity contribution in [3.05, 3.63) is 53.2 Å². The Morgan fingerprint density at radius 2 is 1.74 bits per heavy atom. The number of aromatic nitrogens is 2. The molecule has 27 heavy (non-hydrogen) atoms. The Morgan fingerprint density at radius 3 is 2.30 bits per heavy atom. The number of halogens is 3. The molecule has 1 aromatic heterocycles. The van der Waals surface area contributed by atoms with Gasteiger partial charge in [-0.1, -0.05) is 18.2 Å². The van der Waals surface area contributed by atoms with Crippen molar-refractivity contribution in [2.75, 3.05) is 31.1 Å². The number of hydrogen-bond donors (Lipinski definition) is 1. The third-order valence-electron chi connectivity index (χ3n) is 4.77. The second-order valence-electron chi connectivity index (χ2n) is 6.37. The van der Waals surface area contributed by atoms with Gasteiger partial charge in [-0.15, -0.1) is 10.2 Å². The molecule has 1 saturated heterocycles. The second-order valence-corrected chi connectivity index (χ2v) is 6.37. The number of piperazine rings is 1. The van der Waals surface area contributed by atoms with Crippen LogP contribution in [0.2, 0.25) is 0 Å². The van der Waals surface area contributed by atoms with Gasteiger partial charge in [0.05, 0.1) is 5.56 Å². The summed E-state index contributed by atoms with van der Waals surface area (Å²) in [5.41, 5.74) is -0.464. The first-order valence-corrected chi connectivity index (χ1v) is 8.49. The minimum absolute atomic E-state index is 0.130. The van der Waals surface area contributed by atoms with Crippen molar-refractivity contribution in [3.63, 3.8) is 0 Å². The van der Waals surface area contributed by atoms with Crippen molar-refractivity contribution in [2.45, 2.75) is 19.1 Å².